The Morgan fingerprint density at radius 2 is 1.60 bits per heavy atom. The monoisotopic (exact) mass is 629 g/mol. The Bertz CT molecular complexity index is 1490. The number of hydrogen-bond donors (Lipinski definition) is 1. The van der Waals surface area contributed by atoms with Crippen LogP contribution in [-0.4, -0.2) is 50.0 Å². The van der Waals surface area contributed by atoms with Gasteiger partial charge in [0.25, 0.3) is 0 Å². The Morgan fingerprint density at radius 3 is 2.26 bits per heavy atom. The molecule has 0 radical (unpaired) electrons. The van der Waals surface area contributed by atoms with Crippen molar-refractivity contribution in [2.24, 2.45) is 0 Å². The number of halogens is 2. The molecule has 224 valence electrons. The Morgan fingerprint density at radius 1 is 0.929 bits per heavy atom. The number of sulfonamides is 1. The standard InChI is InChI=1S/C32H37Cl2N3O4S/c1-23-28(34)17-10-18-29(23)37(42(2,40)41)22-31(38)36(21-25-13-9-14-26(33)19-25)30(20-24-11-5-3-6-12-24)32(39)35-27-15-7-4-8-16-27/h3,5-6,9-14,17-19,27,30H,4,7-8,15-16,20-22H2,1-2H3,(H,35,39)/t30-/m0/s1. The molecule has 1 fully saturated rings. The van der Waals surface area contributed by atoms with E-state index in [2.05, 4.69) is 5.32 Å². The molecule has 1 aliphatic carbocycles. The van der Waals surface area contributed by atoms with Gasteiger partial charge < -0.3 is 10.2 Å². The van der Waals surface area contributed by atoms with Crippen LogP contribution in [0.1, 0.15) is 48.8 Å². The van der Waals surface area contributed by atoms with Gasteiger partial charge in [-0.2, -0.15) is 0 Å². The molecule has 0 unspecified atom stereocenters. The van der Waals surface area contributed by atoms with Crippen LogP contribution in [0.2, 0.25) is 10.0 Å². The highest BCUT2D eigenvalue weighted by Gasteiger charge is 2.34. The summed E-state index contributed by atoms with van der Waals surface area (Å²) in [6.07, 6.45) is 6.33. The lowest BCUT2D eigenvalue weighted by Gasteiger charge is -2.35. The molecule has 0 heterocycles. The molecule has 1 saturated carbocycles. The maximum absolute atomic E-state index is 14.3. The second kappa shape index (κ2) is 14.4. The third kappa shape index (κ3) is 8.49. The highest BCUT2D eigenvalue weighted by Crippen LogP contribution is 2.29. The molecule has 0 spiro atoms. The fraction of sp³-hybridized carbons (Fsp3) is 0.375. The van der Waals surface area contributed by atoms with Crippen molar-refractivity contribution in [1.82, 2.24) is 10.2 Å². The number of rotatable bonds is 11. The summed E-state index contributed by atoms with van der Waals surface area (Å²) in [5.41, 5.74) is 2.46. The van der Waals surface area contributed by atoms with Crippen molar-refractivity contribution in [3.63, 3.8) is 0 Å². The van der Waals surface area contributed by atoms with Gasteiger partial charge in [0.2, 0.25) is 21.8 Å². The zero-order valence-electron chi connectivity index (χ0n) is 23.9. The predicted octanol–water partition coefficient (Wildman–Crippen LogP) is 6.16. The highest BCUT2D eigenvalue weighted by molar-refractivity contribution is 7.92. The first-order valence-electron chi connectivity index (χ1n) is 14.1. The van der Waals surface area contributed by atoms with E-state index in [1.165, 1.54) is 4.90 Å². The van der Waals surface area contributed by atoms with Gasteiger partial charge in [-0.1, -0.05) is 91.0 Å². The summed E-state index contributed by atoms with van der Waals surface area (Å²) >= 11 is 12.6. The average Bonchev–Trinajstić information content (AvgIpc) is 2.95. The van der Waals surface area contributed by atoms with E-state index in [-0.39, 0.29) is 24.9 Å². The third-order valence-electron chi connectivity index (χ3n) is 7.65. The van der Waals surface area contributed by atoms with Crippen LogP contribution >= 0.6 is 23.2 Å². The van der Waals surface area contributed by atoms with Gasteiger partial charge in [-0.15, -0.1) is 0 Å². The molecule has 2 amide bonds. The summed E-state index contributed by atoms with van der Waals surface area (Å²) in [5, 5.41) is 4.08. The van der Waals surface area contributed by atoms with E-state index in [4.69, 9.17) is 23.2 Å². The topological polar surface area (TPSA) is 86.8 Å². The molecule has 3 aromatic rings. The second-order valence-corrected chi connectivity index (χ2v) is 13.6. The number of nitrogens with one attached hydrogen (secondary N) is 1. The predicted molar refractivity (Wildman–Crippen MR) is 169 cm³/mol. The van der Waals surface area contributed by atoms with Crippen molar-refractivity contribution in [2.45, 2.75) is 64.1 Å². The SMILES string of the molecule is Cc1c(Cl)cccc1N(CC(=O)N(Cc1cccc(Cl)c1)[C@@H](Cc1ccccc1)C(=O)NC1CCCCC1)S(C)(=O)=O. The van der Waals surface area contributed by atoms with E-state index in [0.29, 0.717) is 21.3 Å². The molecule has 3 aromatic carbocycles. The van der Waals surface area contributed by atoms with Crippen LogP contribution in [0.4, 0.5) is 5.69 Å². The largest absolute Gasteiger partial charge is 0.352 e. The van der Waals surface area contributed by atoms with Gasteiger partial charge >= 0.3 is 0 Å². The number of benzene rings is 3. The van der Waals surface area contributed by atoms with Gasteiger partial charge in [0.05, 0.1) is 11.9 Å². The fourth-order valence-electron chi connectivity index (χ4n) is 5.39. The highest BCUT2D eigenvalue weighted by atomic mass is 35.5. The summed E-state index contributed by atoms with van der Waals surface area (Å²) < 4.78 is 27.1. The Labute approximate surface area is 258 Å². The number of carbonyl (C=O) groups excluding carboxylic acids is 2. The number of anilines is 1. The molecule has 0 bridgehead atoms. The number of nitrogens with zero attached hydrogens (tertiary/aromatic N) is 2. The molecule has 7 nitrogen and oxygen atoms in total. The number of hydrogen-bond acceptors (Lipinski definition) is 4. The molecule has 1 atom stereocenters. The first-order valence-corrected chi connectivity index (χ1v) is 16.7. The minimum Gasteiger partial charge on any atom is -0.352 e. The van der Waals surface area contributed by atoms with Crippen molar-refractivity contribution in [2.75, 3.05) is 17.1 Å². The van der Waals surface area contributed by atoms with Gasteiger partial charge in [0, 0.05) is 29.1 Å². The third-order valence-corrected chi connectivity index (χ3v) is 9.42. The van der Waals surface area contributed by atoms with Gasteiger partial charge in [0.15, 0.2) is 0 Å². The van der Waals surface area contributed by atoms with Crippen LogP contribution in [0.25, 0.3) is 0 Å². The van der Waals surface area contributed by atoms with E-state index < -0.39 is 28.5 Å². The quantitative estimate of drug-likeness (QED) is 0.275. The Balaban J connectivity index is 1.74. The van der Waals surface area contributed by atoms with Crippen molar-refractivity contribution in [3.05, 3.63) is 99.5 Å². The van der Waals surface area contributed by atoms with E-state index in [0.717, 1.165) is 53.8 Å². The zero-order chi connectivity index (χ0) is 30.3. The average molecular weight is 631 g/mol. The lowest BCUT2D eigenvalue weighted by molar-refractivity contribution is -0.140. The molecule has 0 saturated heterocycles. The fourth-order valence-corrected chi connectivity index (χ4v) is 6.67. The molecule has 1 aliphatic rings. The molecule has 0 aromatic heterocycles. The smallest absolute Gasteiger partial charge is 0.244 e. The van der Waals surface area contributed by atoms with Crippen molar-refractivity contribution in [1.29, 1.82) is 0 Å². The second-order valence-electron chi connectivity index (χ2n) is 10.9. The first-order chi connectivity index (χ1) is 20.0. The molecule has 0 aliphatic heterocycles. The van der Waals surface area contributed by atoms with E-state index in [1.807, 2.05) is 36.4 Å². The van der Waals surface area contributed by atoms with E-state index in [9.17, 15) is 18.0 Å². The Kier molecular flexibility index (Phi) is 10.9. The first kappa shape index (κ1) is 31.9. The molecule has 42 heavy (non-hydrogen) atoms. The van der Waals surface area contributed by atoms with Crippen molar-refractivity contribution < 1.29 is 18.0 Å². The van der Waals surface area contributed by atoms with Crippen molar-refractivity contribution >= 4 is 50.7 Å². The summed E-state index contributed by atoms with van der Waals surface area (Å²) in [6, 6.07) is 20.7. The van der Waals surface area contributed by atoms with Gasteiger partial charge in [-0.3, -0.25) is 13.9 Å². The lowest BCUT2D eigenvalue weighted by atomic mass is 9.94. The zero-order valence-corrected chi connectivity index (χ0v) is 26.3. The molecule has 10 heteroatoms. The summed E-state index contributed by atoms with van der Waals surface area (Å²) in [4.78, 5) is 29.7. The normalized spacial score (nSPS) is 14.7. The van der Waals surface area contributed by atoms with E-state index in [1.54, 1.807) is 43.3 Å². The molecular weight excluding hydrogens is 593 g/mol. The van der Waals surface area contributed by atoms with E-state index >= 15 is 0 Å². The van der Waals surface area contributed by atoms with Gasteiger partial charge in [-0.05, 0) is 60.7 Å². The van der Waals surface area contributed by atoms with Crippen LogP contribution in [0, 0.1) is 6.92 Å². The summed E-state index contributed by atoms with van der Waals surface area (Å²) in [5.74, 6) is -0.773. The minimum atomic E-state index is -3.89. The summed E-state index contributed by atoms with van der Waals surface area (Å²) in [6.45, 7) is 1.28. The van der Waals surface area contributed by atoms with Crippen LogP contribution in [-0.2, 0) is 32.6 Å². The number of amides is 2. The molecule has 4 rings (SSSR count). The van der Waals surface area contributed by atoms with Crippen LogP contribution in [0.3, 0.4) is 0 Å². The molecular formula is C32H37Cl2N3O4S. The van der Waals surface area contributed by atoms with Crippen LogP contribution < -0.4 is 9.62 Å². The summed E-state index contributed by atoms with van der Waals surface area (Å²) in [7, 11) is -3.89. The van der Waals surface area contributed by atoms with Gasteiger partial charge in [-0.25, -0.2) is 8.42 Å². The minimum absolute atomic E-state index is 0.0364. The lowest BCUT2D eigenvalue weighted by Crippen LogP contribution is -2.55. The van der Waals surface area contributed by atoms with Crippen LogP contribution in [0.5, 0.6) is 0 Å². The van der Waals surface area contributed by atoms with Crippen molar-refractivity contribution in [3.8, 4) is 0 Å². The maximum Gasteiger partial charge on any atom is 0.244 e. The maximum atomic E-state index is 14.3. The van der Waals surface area contributed by atoms with Gasteiger partial charge in [0.1, 0.15) is 12.6 Å². The molecule has 1 N–H and O–H groups in total. The Hall–Kier alpha value is -3.07. The number of carbonyl (C=O) groups is 2. The van der Waals surface area contributed by atoms with Crippen LogP contribution in [0.15, 0.2) is 72.8 Å².